The summed E-state index contributed by atoms with van der Waals surface area (Å²) < 4.78 is 11.0. The zero-order valence-corrected chi connectivity index (χ0v) is 13.2. The van der Waals surface area contributed by atoms with Crippen LogP contribution in [0.3, 0.4) is 0 Å². The maximum atomic E-state index is 9.31. The van der Waals surface area contributed by atoms with Gasteiger partial charge in [0.1, 0.15) is 23.8 Å². The van der Waals surface area contributed by atoms with Crippen molar-refractivity contribution >= 4 is 0 Å². The highest BCUT2D eigenvalue weighted by Crippen LogP contribution is 2.23. The molecule has 23 heavy (non-hydrogen) atoms. The third kappa shape index (κ3) is 3.72. The maximum Gasteiger partial charge on any atom is 0.174 e. The molecule has 0 amide bonds. The Kier molecular flexibility index (Phi) is 4.33. The molecule has 0 bridgehead atoms. The van der Waals surface area contributed by atoms with Crippen LogP contribution in [-0.4, -0.2) is 10.3 Å². The molecule has 3 rings (SSSR count). The average molecular weight is 309 g/mol. The van der Waals surface area contributed by atoms with E-state index >= 15 is 0 Å². The SMILES string of the molecule is CC(C)c1ccc(OCc2cc(-c3ccc(O)cc3)no2)cc1. The predicted molar refractivity (Wildman–Crippen MR) is 88.5 cm³/mol. The first kappa shape index (κ1) is 15.2. The van der Waals surface area contributed by atoms with Crippen LogP contribution in [0.2, 0.25) is 0 Å². The number of phenolic OH excluding ortho intramolecular Hbond substituents is 1. The minimum Gasteiger partial charge on any atom is -0.508 e. The van der Waals surface area contributed by atoms with Crippen LogP contribution in [0.25, 0.3) is 11.3 Å². The molecular formula is C19H19NO3. The van der Waals surface area contributed by atoms with Crippen LogP contribution >= 0.6 is 0 Å². The molecule has 3 aromatic rings. The van der Waals surface area contributed by atoms with Gasteiger partial charge >= 0.3 is 0 Å². The van der Waals surface area contributed by atoms with Gasteiger partial charge in [-0.25, -0.2) is 0 Å². The lowest BCUT2D eigenvalue weighted by molar-refractivity contribution is 0.249. The van der Waals surface area contributed by atoms with E-state index in [1.54, 1.807) is 24.3 Å². The van der Waals surface area contributed by atoms with E-state index < -0.39 is 0 Å². The van der Waals surface area contributed by atoms with Crippen molar-refractivity contribution in [3.63, 3.8) is 0 Å². The Labute approximate surface area is 135 Å². The van der Waals surface area contributed by atoms with Crippen molar-refractivity contribution in [1.29, 1.82) is 0 Å². The Morgan fingerprint density at radius 1 is 1.04 bits per heavy atom. The van der Waals surface area contributed by atoms with E-state index in [0.29, 0.717) is 18.3 Å². The second-order valence-corrected chi connectivity index (χ2v) is 5.74. The van der Waals surface area contributed by atoms with E-state index in [4.69, 9.17) is 9.26 Å². The van der Waals surface area contributed by atoms with Crippen LogP contribution in [-0.2, 0) is 6.61 Å². The number of aromatic hydroxyl groups is 1. The van der Waals surface area contributed by atoms with Crippen LogP contribution in [0.5, 0.6) is 11.5 Å². The molecule has 0 atom stereocenters. The minimum absolute atomic E-state index is 0.227. The summed E-state index contributed by atoms with van der Waals surface area (Å²) in [5.74, 6) is 2.19. The third-order valence-corrected chi connectivity index (χ3v) is 3.65. The molecular weight excluding hydrogens is 290 g/mol. The highest BCUT2D eigenvalue weighted by atomic mass is 16.5. The molecule has 0 fully saturated rings. The van der Waals surface area contributed by atoms with Crippen molar-refractivity contribution in [3.8, 4) is 22.8 Å². The highest BCUT2D eigenvalue weighted by Gasteiger charge is 2.08. The smallest absolute Gasteiger partial charge is 0.174 e. The monoisotopic (exact) mass is 309 g/mol. The molecule has 2 aromatic carbocycles. The predicted octanol–water partition coefficient (Wildman–Crippen LogP) is 4.75. The zero-order valence-electron chi connectivity index (χ0n) is 13.2. The van der Waals surface area contributed by atoms with Gasteiger partial charge in [-0.1, -0.05) is 31.1 Å². The molecule has 0 aliphatic carbocycles. The van der Waals surface area contributed by atoms with Gasteiger partial charge < -0.3 is 14.4 Å². The first-order valence-corrected chi connectivity index (χ1v) is 7.59. The summed E-state index contributed by atoms with van der Waals surface area (Å²) in [6, 6.07) is 16.7. The van der Waals surface area contributed by atoms with Crippen LogP contribution in [0.4, 0.5) is 0 Å². The molecule has 0 saturated carbocycles. The van der Waals surface area contributed by atoms with E-state index in [1.165, 1.54) is 5.56 Å². The largest absolute Gasteiger partial charge is 0.508 e. The average Bonchev–Trinajstić information content (AvgIpc) is 3.03. The second-order valence-electron chi connectivity index (χ2n) is 5.74. The lowest BCUT2D eigenvalue weighted by atomic mass is 10.0. The Bertz CT molecular complexity index is 758. The van der Waals surface area contributed by atoms with Gasteiger partial charge in [0.05, 0.1) is 0 Å². The maximum absolute atomic E-state index is 9.31. The molecule has 0 unspecified atom stereocenters. The van der Waals surface area contributed by atoms with Gasteiger partial charge in [-0.05, 0) is 47.9 Å². The van der Waals surface area contributed by atoms with Crippen LogP contribution in [0.1, 0.15) is 31.1 Å². The molecule has 1 aromatic heterocycles. The molecule has 0 aliphatic rings. The summed E-state index contributed by atoms with van der Waals surface area (Å²) in [6.07, 6.45) is 0. The normalized spacial score (nSPS) is 10.9. The van der Waals surface area contributed by atoms with Crippen molar-refractivity contribution in [2.24, 2.45) is 0 Å². The van der Waals surface area contributed by atoms with Crippen LogP contribution in [0.15, 0.2) is 59.1 Å². The van der Waals surface area contributed by atoms with Gasteiger partial charge in [-0.3, -0.25) is 0 Å². The lowest BCUT2D eigenvalue weighted by Gasteiger charge is -2.07. The first-order chi connectivity index (χ1) is 11.1. The summed E-state index contributed by atoms with van der Waals surface area (Å²) in [7, 11) is 0. The quantitative estimate of drug-likeness (QED) is 0.739. The van der Waals surface area contributed by atoms with Crippen molar-refractivity contribution < 1.29 is 14.4 Å². The van der Waals surface area contributed by atoms with Gasteiger partial charge in [0.15, 0.2) is 5.76 Å². The Morgan fingerprint density at radius 2 is 1.74 bits per heavy atom. The second kappa shape index (κ2) is 6.57. The molecule has 0 spiro atoms. The van der Waals surface area contributed by atoms with Crippen molar-refractivity contribution in [2.45, 2.75) is 26.4 Å². The fourth-order valence-electron chi connectivity index (χ4n) is 2.25. The van der Waals surface area contributed by atoms with Gasteiger partial charge in [-0.15, -0.1) is 0 Å². The Hall–Kier alpha value is -2.75. The minimum atomic E-state index is 0.227. The number of hydrogen-bond acceptors (Lipinski definition) is 4. The molecule has 1 N–H and O–H groups in total. The molecule has 1 heterocycles. The highest BCUT2D eigenvalue weighted by molar-refractivity contribution is 5.59. The van der Waals surface area contributed by atoms with Gasteiger partial charge in [0, 0.05) is 11.6 Å². The van der Waals surface area contributed by atoms with Gasteiger partial charge in [-0.2, -0.15) is 0 Å². The molecule has 0 aliphatic heterocycles. The number of rotatable bonds is 5. The van der Waals surface area contributed by atoms with E-state index in [2.05, 4.69) is 31.1 Å². The van der Waals surface area contributed by atoms with E-state index in [1.807, 2.05) is 18.2 Å². The fourth-order valence-corrected chi connectivity index (χ4v) is 2.25. The number of hydrogen-bond donors (Lipinski definition) is 1. The standard InChI is InChI=1S/C19H19NO3/c1-13(2)14-5-9-17(10-6-14)22-12-18-11-19(20-23-18)15-3-7-16(21)8-4-15/h3-11,13,21H,12H2,1-2H3. The summed E-state index contributed by atoms with van der Waals surface area (Å²) in [5, 5.41) is 13.3. The van der Waals surface area contributed by atoms with E-state index in [-0.39, 0.29) is 5.75 Å². The molecule has 4 heteroatoms. The number of phenols is 1. The Balaban J connectivity index is 1.64. The number of ether oxygens (including phenoxy) is 1. The van der Waals surface area contributed by atoms with E-state index in [0.717, 1.165) is 17.0 Å². The number of benzene rings is 2. The Morgan fingerprint density at radius 3 is 2.39 bits per heavy atom. The molecule has 4 nitrogen and oxygen atoms in total. The summed E-state index contributed by atoms with van der Waals surface area (Å²) in [6.45, 7) is 4.65. The summed E-state index contributed by atoms with van der Waals surface area (Å²) >= 11 is 0. The first-order valence-electron chi connectivity index (χ1n) is 7.59. The third-order valence-electron chi connectivity index (χ3n) is 3.65. The van der Waals surface area contributed by atoms with Crippen LogP contribution in [0, 0.1) is 0 Å². The van der Waals surface area contributed by atoms with Crippen molar-refractivity contribution in [3.05, 3.63) is 65.9 Å². The molecule has 0 radical (unpaired) electrons. The van der Waals surface area contributed by atoms with Crippen LogP contribution < -0.4 is 4.74 Å². The van der Waals surface area contributed by atoms with Crippen molar-refractivity contribution in [2.75, 3.05) is 0 Å². The number of nitrogens with zero attached hydrogens (tertiary/aromatic N) is 1. The van der Waals surface area contributed by atoms with Gasteiger partial charge in [0.2, 0.25) is 0 Å². The number of aromatic nitrogens is 1. The fraction of sp³-hybridized carbons (Fsp3) is 0.211. The van der Waals surface area contributed by atoms with E-state index in [9.17, 15) is 5.11 Å². The lowest BCUT2D eigenvalue weighted by Crippen LogP contribution is -1.94. The topological polar surface area (TPSA) is 55.5 Å². The van der Waals surface area contributed by atoms with Crippen molar-refractivity contribution in [1.82, 2.24) is 5.16 Å². The summed E-state index contributed by atoms with van der Waals surface area (Å²) in [5.41, 5.74) is 2.89. The van der Waals surface area contributed by atoms with Gasteiger partial charge in [0.25, 0.3) is 0 Å². The molecule has 0 saturated heterocycles. The molecule has 118 valence electrons. The summed E-state index contributed by atoms with van der Waals surface area (Å²) in [4.78, 5) is 0. The zero-order chi connectivity index (χ0) is 16.2.